The van der Waals surface area contributed by atoms with Crippen LogP contribution in [-0.2, 0) is 10.0 Å². The van der Waals surface area contributed by atoms with Gasteiger partial charge >= 0.3 is 0 Å². The number of nitrogens with zero attached hydrogens (tertiary/aromatic N) is 1. The fourth-order valence-electron chi connectivity index (χ4n) is 1.99. The summed E-state index contributed by atoms with van der Waals surface area (Å²) in [5.41, 5.74) is 0.323. The highest BCUT2D eigenvalue weighted by molar-refractivity contribution is 7.93. The van der Waals surface area contributed by atoms with Crippen molar-refractivity contribution in [1.29, 1.82) is 0 Å². The van der Waals surface area contributed by atoms with Crippen LogP contribution >= 0.6 is 11.6 Å². The molecule has 1 aromatic carbocycles. The van der Waals surface area contributed by atoms with E-state index >= 15 is 0 Å². The minimum Gasteiger partial charge on any atom is -0.321 e. The molecule has 0 radical (unpaired) electrons. The second-order valence-electron chi connectivity index (χ2n) is 5.34. The molecule has 0 bridgehead atoms. The first kappa shape index (κ1) is 16.7. The van der Waals surface area contributed by atoms with Crippen LogP contribution in [-0.4, -0.2) is 24.6 Å². The molecule has 1 aliphatic carbocycles. The fourth-order valence-corrected chi connectivity index (χ4v) is 3.50. The maximum atomic E-state index is 13.1. The Morgan fingerprint density at radius 3 is 2.67 bits per heavy atom. The van der Waals surface area contributed by atoms with Crippen LogP contribution in [0.2, 0.25) is 5.02 Å². The summed E-state index contributed by atoms with van der Waals surface area (Å²) in [4.78, 5) is 16.2. The van der Waals surface area contributed by atoms with Crippen molar-refractivity contribution in [3.63, 3.8) is 0 Å². The number of carbonyl (C=O) groups is 1. The Labute approximate surface area is 143 Å². The summed E-state index contributed by atoms with van der Waals surface area (Å²) in [5, 5.41) is 2.01. The summed E-state index contributed by atoms with van der Waals surface area (Å²) in [6, 6.07) is 8.18. The van der Waals surface area contributed by atoms with E-state index in [2.05, 4.69) is 15.0 Å². The summed E-state index contributed by atoms with van der Waals surface area (Å²) >= 11 is 5.66. The smallest absolute Gasteiger partial charge is 0.274 e. The van der Waals surface area contributed by atoms with Gasteiger partial charge < -0.3 is 5.32 Å². The molecular formula is C15H13ClFN3O3S. The van der Waals surface area contributed by atoms with Crippen molar-refractivity contribution in [3.05, 3.63) is 52.9 Å². The van der Waals surface area contributed by atoms with Crippen LogP contribution in [0.3, 0.4) is 0 Å². The number of nitrogens with one attached hydrogen (secondary N) is 2. The van der Waals surface area contributed by atoms with Crippen molar-refractivity contribution in [3.8, 4) is 0 Å². The van der Waals surface area contributed by atoms with Gasteiger partial charge in [0.2, 0.25) is 10.0 Å². The zero-order valence-electron chi connectivity index (χ0n) is 12.3. The lowest BCUT2D eigenvalue weighted by molar-refractivity contribution is 0.102. The summed E-state index contributed by atoms with van der Waals surface area (Å²) in [5.74, 6) is -1.08. The predicted octanol–water partition coefficient (Wildman–Crippen LogP) is 3.03. The molecular weight excluding hydrogens is 357 g/mol. The van der Waals surface area contributed by atoms with Gasteiger partial charge in [-0.25, -0.2) is 17.8 Å². The molecule has 2 N–H and O–H groups in total. The highest BCUT2D eigenvalue weighted by Gasteiger charge is 2.36. The van der Waals surface area contributed by atoms with Crippen LogP contribution in [0, 0.1) is 5.82 Å². The van der Waals surface area contributed by atoms with E-state index in [4.69, 9.17) is 11.6 Å². The molecule has 1 heterocycles. The Balaban J connectivity index is 1.75. The number of halogens is 2. The van der Waals surface area contributed by atoms with Crippen LogP contribution in [0.5, 0.6) is 0 Å². The highest BCUT2D eigenvalue weighted by Crippen LogP contribution is 2.29. The lowest BCUT2D eigenvalue weighted by Crippen LogP contribution is -2.20. The van der Waals surface area contributed by atoms with Gasteiger partial charge in [0.15, 0.2) is 0 Å². The Hall–Kier alpha value is -2.19. The molecule has 9 heteroatoms. The van der Waals surface area contributed by atoms with E-state index in [9.17, 15) is 17.6 Å². The number of anilines is 2. The number of carbonyl (C=O) groups excluding carboxylic acids is 1. The van der Waals surface area contributed by atoms with Crippen molar-refractivity contribution < 1.29 is 17.6 Å². The van der Waals surface area contributed by atoms with Gasteiger partial charge in [-0.15, -0.1) is 0 Å². The molecule has 1 amide bonds. The quantitative estimate of drug-likeness (QED) is 0.847. The first-order chi connectivity index (χ1) is 11.3. The molecule has 0 saturated heterocycles. The number of benzene rings is 1. The van der Waals surface area contributed by atoms with Crippen molar-refractivity contribution in [2.75, 3.05) is 10.0 Å². The molecule has 1 saturated carbocycles. The maximum Gasteiger partial charge on any atom is 0.274 e. The number of sulfonamides is 1. The second-order valence-corrected chi connectivity index (χ2v) is 7.71. The van der Waals surface area contributed by atoms with Gasteiger partial charge in [-0.3, -0.25) is 9.52 Å². The summed E-state index contributed by atoms with van der Waals surface area (Å²) in [6.45, 7) is 0. The Bertz CT molecular complexity index is 901. The molecule has 24 heavy (non-hydrogen) atoms. The zero-order valence-corrected chi connectivity index (χ0v) is 13.9. The Kier molecular flexibility index (Phi) is 4.42. The number of rotatable bonds is 5. The van der Waals surface area contributed by atoms with Gasteiger partial charge in [0, 0.05) is 5.69 Å². The third kappa shape index (κ3) is 3.82. The van der Waals surface area contributed by atoms with Crippen molar-refractivity contribution in [2.45, 2.75) is 18.1 Å². The second kappa shape index (κ2) is 6.37. The number of hydrogen-bond donors (Lipinski definition) is 2. The van der Waals surface area contributed by atoms with Crippen LogP contribution in [0.4, 0.5) is 15.9 Å². The first-order valence-electron chi connectivity index (χ1n) is 7.10. The topological polar surface area (TPSA) is 88.2 Å². The van der Waals surface area contributed by atoms with Gasteiger partial charge in [0.1, 0.15) is 17.3 Å². The van der Waals surface area contributed by atoms with Gasteiger partial charge in [0.25, 0.3) is 5.91 Å². The largest absolute Gasteiger partial charge is 0.321 e. The lowest BCUT2D eigenvalue weighted by Gasteiger charge is -2.09. The molecule has 0 aliphatic heterocycles. The standard InChI is InChI=1S/C15H13ClFN3O3S/c16-11-8-9(4-7-12(11)17)18-15(21)13-2-1-3-14(19-13)20-24(22,23)10-5-6-10/h1-4,7-8,10H,5-6H2,(H,18,21)(H,19,20). The van der Waals surface area contributed by atoms with Crippen LogP contribution in [0.15, 0.2) is 36.4 Å². The minimum atomic E-state index is -3.46. The summed E-state index contributed by atoms with van der Waals surface area (Å²) in [7, 11) is -3.46. The molecule has 3 rings (SSSR count). The van der Waals surface area contributed by atoms with E-state index in [-0.39, 0.29) is 16.5 Å². The number of aromatic nitrogens is 1. The first-order valence-corrected chi connectivity index (χ1v) is 9.03. The van der Waals surface area contributed by atoms with Gasteiger partial charge in [0.05, 0.1) is 10.3 Å². The van der Waals surface area contributed by atoms with E-state index in [1.807, 2.05) is 0 Å². The predicted molar refractivity (Wildman–Crippen MR) is 89.2 cm³/mol. The zero-order chi connectivity index (χ0) is 17.3. The summed E-state index contributed by atoms with van der Waals surface area (Å²) < 4.78 is 39.3. The average Bonchev–Trinajstić information content (AvgIpc) is 3.36. The molecule has 1 aromatic heterocycles. The third-order valence-electron chi connectivity index (χ3n) is 3.37. The molecule has 1 aliphatic rings. The molecule has 1 fully saturated rings. The SMILES string of the molecule is O=C(Nc1ccc(F)c(Cl)c1)c1cccc(NS(=O)(=O)C2CC2)n1. The minimum absolute atomic E-state index is 0.0199. The fraction of sp³-hybridized carbons (Fsp3) is 0.200. The van der Waals surface area contributed by atoms with Crippen LogP contribution in [0.25, 0.3) is 0 Å². The lowest BCUT2D eigenvalue weighted by atomic mass is 10.3. The average molecular weight is 370 g/mol. The molecule has 0 spiro atoms. The number of hydrogen-bond acceptors (Lipinski definition) is 4. The molecule has 2 aromatic rings. The third-order valence-corrected chi connectivity index (χ3v) is 5.50. The highest BCUT2D eigenvalue weighted by atomic mass is 35.5. The van der Waals surface area contributed by atoms with Crippen molar-refractivity contribution in [1.82, 2.24) is 4.98 Å². The molecule has 0 atom stereocenters. The van der Waals surface area contributed by atoms with E-state index in [0.717, 1.165) is 6.07 Å². The van der Waals surface area contributed by atoms with Gasteiger partial charge in [-0.1, -0.05) is 17.7 Å². The summed E-state index contributed by atoms with van der Waals surface area (Å²) in [6.07, 6.45) is 1.25. The Morgan fingerprint density at radius 2 is 2.00 bits per heavy atom. The van der Waals surface area contributed by atoms with Crippen LogP contribution < -0.4 is 10.0 Å². The normalized spacial score (nSPS) is 14.2. The van der Waals surface area contributed by atoms with Crippen molar-refractivity contribution in [2.24, 2.45) is 0 Å². The monoisotopic (exact) mass is 369 g/mol. The van der Waals surface area contributed by atoms with Crippen LogP contribution in [0.1, 0.15) is 23.3 Å². The number of pyridine rings is 1. The molecule has 0 unspecified atom stereocenters. The van der Waals surface area contributed by atoms with E-state index in [1.54, 1.807) is 0 Å². The van der Waals surface area contributed by atoms with Gasteiger partial charge in [-0.2, -0.15) is 0 Å². The van der Waals surface area contributed by atoms with E-state index in [0.29, 0.717) is 18.5 Å². The molecule has 126 valence electrons. The Morgan fingerprint density at radius 1 is 1.25 bits per heavy atom. The van der Waals surface area contributed by atoms with E-state index < -0.39 is 27.0 Å². The van der Waals surface area contributed by atoms with Gasteiger partial charge in [-0.05, 0) is 43.2 Å². The van der Waals surface area contributed by atoms with E-state index in [1.165, 1.54) is 30.3 Å². The number of amides is 1. The van der Waals surface area contributed by atoms with Crippen molar-refractivity contribution >= 4 is 39.0 Å². The molecule has 6 nitrogen and oxygen atoms in total. The maximum absolute atomic E-state index is 13.1.